The molecular weight excluding hydrogens is 268 g/mol. The number of benzene rings is 2. The fraction of sp³-hybridized carbons (Fsp3) is 0.125. The fourth-order valence-corrected chi connectivity index (χ4v) is 2.02. The molecule has 0 aliphatic heterocycles. The van der Waals surface area contributed by atoms with Crippen molar-refractivity contribution in [2.75, 3.05) is 6.54 Å². The summed E-state index contributed by atoms with van der Waals surface area (Å²) in [6.45, 7) is -0.259. The van der Waals surface area contributed by atoms with E-state index in [1.54, 1.807) is 42.5 Å². The number of rotatable bonds is 5. The zero-order valence-electron chi connectivity index (χ0n) is 11.3. The van der Waals surface area contributed by atoms with Crippen LogP contribution < -0.4 is 11.5 Å². The summed E-state index contributed by atoms with van der Waals surface area (Å²) in [7, 11) is 0. The minimum absolute atomic E-state index is 0.192. The van der Waals surface area contributed by atoms with E-state index in [2.05, 4.69) is 0 Å². The van der Waals surface area contributed by atoms with Gasteiger partial charge in [-0.2, -0.15) is 0 Å². The first-order chi connectivity index (χ1) is 9.99. The van der Waals surface area contributed by atoms with Gasteiger partial charge in [-0.05, 0) is 11.6 Å². The van der Waals surface area contributed by atoms with Gasteiger partial charge in [-0.3, -0.25) is 4.79 Å². The average Bonchev–Trinajstić information content (AvgIpc) is 2.54. The number of carbonyl (C=O) groups excluding carboxylic acids is 1. The molecule has 0 aliphatic carbocycles. The van der Waals surface area contributed by atoms with Crippen LogP contribution in [0.15, 0.2) is 54.6 Å². The van der Waals surface area contributed by atoms with Crippen LogP contribution in [0.5, 0.6) is 0 Å². The van der Waals surface area contributed by atoms with E-state index >= 15 is 0 Å². The summed E-state index contributed by atoms with van der Waals surface area (Å²) < 4.78 is 0. The molecule has 5 nitrogen and oxygen atoms in total. The summed E-state index contributed by atoms with van der Waals surface area (Å²) in [6.07, 6.45) is 0. The highest BCUT2D eigenvalue weighted by Gasteiger charge is 2.34. The quantitative estimate of drug-likeness (QED) is 0.713. The van der Waals surface area contributed by atoms with Crippen molar-refractivity contribution < 1.29 is 14.7 Å². The fourth-order valence-electron chi connectivity index (χ4n) is 2.02. The third kappa shape index (κ3) is 2.84. The maximum Gasteiger partial charge on any atom is 0.329 e. The van der Waals surface area contributed by atoms with E-state index in [0.29, 0.717) is 16.7 Å². The van der Waals surface area contributed by atoms with Gasteiger partial charge in [0.05, 0.1) is 0 Å². The lowest BCUT2D eigenvalue weighted by Crippen LogP contribution is -2.51. The number of carboxylic acid groups (broad SMARTS) is 1. The van der Waals surface area contributed by atoms with Gasteiger partial charge in [0.1, 0.15) is 0 Å². The van der Waals surface area contributed by atoms with Crippen molar-refractivity contribution in [3.05, 3.63) is 71.3 Å². The molecule has 0 fully saturated rings. The molecule has 0 aliphatic rings. The molecule has 2 rings (SSSR count). The second kappa shape index (κ2) is 5.87. The lowest BCUT2D eigenvalue weighted by molar-refractivity contribution is -0.143. The van der Waals surface area contributed by atoms with E-state index in [1.165, 1.54) is 6.07 Å². The molecule has 0 heterocycles. The molecule has 0 bridgehead atoms. The number of carbonyl (C=O) groups is 2. The monoisotopic (exact) mass is 284 g/mol. The van der Waals surface area contributed by atoms with Crippen LogP contribution in [-0.2, 0) is 10.3 Å². The SMILES string of the molecule is NCC(N)(C(=O)O)c1cccc(C(=O)c2ccccc2)c1. The molecule has 5 heteroatoms. The smallest absolute Gasteiger partial charge is 0.329 e. The van der Waals surface area contributed by atoms with Crippen molar-refractivity contribution >= 4 is 11.8 Å². The van der Waals surface area contributed by atoms with Gasteiger partial charge in [-0.15, -0.1) is 0 Å². The van der Waals surface area contributed by atoms with Crippen molar-refractivity contribution in [1.29, 1.82) is 0 Å². The molecule has 2 aromatic carbocycles. The minimum atomic E-state index is -1.70. The van der Waals surface area contributed by atoms with Crippen molar-refractivity contribution in [3.8, 4) is 0 Å². The minimum Gasteiger partial charge on any atom is -0.480 e. The first kappa shape index (κ1) is 14.9. The third-order valence-corrected chi connectivity index (χ3v) is 3.38. The lowest BCUT2D eigenvalue weighted by atomic mass is 9.89. The van der Waals surface area contributed by atoms with Crippen molar-refractivity contribution in [2.45, 2.75) is 5.54 Å². The molecule has 0 saturated heterocycles. The Hall–Kier alpha value is -2.50. The van der Waals surface area contributed by atoms with Gasteiger partial charge in [-0.25, -0.2) is 4.79 Å². The van der Waals surface area contributed by atoms with E-state index in [4.69, 9.17) is 11.5 Å². The van der Waals surface area contributed by atoms with Gasteiger partial charge in [-0.1, -0.05) is 48.5 Å². The maximum absolute atomic E-state index is 12.4. The zero-order chi connectivity index (χ0) is 15.5. The molecule has 21 heavy (non-hydrogen) atoms. The van der Waals surface area contributed by atoms with Gasteiger partial charge in [0.25, 0.3) is 0 Å². The standard InChI is InChI=1S/C16H16N2O3/c17-10-16(18,15(20)21)13-8-4-7-12(9-13)14(19)11-5-2-1-3-6-11/h1-9H,10,17-18H2,(H,20,21). The molecule has 0 radical (unpaired) electrons. The van der Waals surface area contributed by atoms with Crippen LogP contribution in [-0.4, -0.2) is 23.4 Å². The molecule has 5 N–H and O–H groups in total. The van der Waals surface area contributed by atoms with Gasteiger partial charge < -0.3 is 16.6 Å². The Kier molecular flexibility index (Phi) is 4.16. The summed E-state index contributed by atoms with van der Waals surface area (Å²) >= 11 is 0. The number of aliphatic carboxylic acids is 1. The predicted molar refractivity (Wildman–Crippen MR) is 78.9 cm³/mol. The molecule has 2 aromatic rings. The summed E-state index contributed by atoms with van der Waals surface area (Å²) in [5.74, 6) is -1.42. The van der Waals surface area contributed by atoms with E-state index in [1.807, 2.05) is 6.07 Å². The average molecular weight is 284 g/mol. The third-order valence-electron chi connectivity index (χ3n) is 3.38. The maximum atomic E-state index is 12.4. The van der Waals surface area contributed by atoms with Gasteiger partial charge in [0.2, 0.25) is 0 Å². The summed E-state index contributed by atoms with van der Waals surface area (Å²) in [4.78, 5) is 23.7. The molecule has 108 valence electrons. The molecule has 0 spiro atoms. The Labute approximate surface area is 122 Å². The van der Waals surface area contributed by atoms with Crippen LogP contribution >= 0.6 is 0 Å². The molecule has 0 amide bonds. The van der Waals surface area contributed by atoms with E-state index in [-0.39, 0.29) is 12.3 Å². The summed E-state index contributed by atoms with van der Waals surface area (Å²) in [5, 5.41) is 9.24. The topological polar surface area (TPSA) is 106 Å². The highest BCUT2D eigenvalue weighted by molar-refractivity contribution is 6.09. The Morgan fingerprint density at radius 2 is 1.62 bits per heavy atom. The summed E-state index contributed by atoms with van der Waals surface area (Å²) in [6, 6.07) is 15.0. The number of ketones is 1. The second-order valence-electron chi connectivity index (χ2n) is 4.76. The zero-order valence-corrected chi connectivity index (χ0v) is 11.3. The van der Waals surface area contributed by atoms with Crippen LogP contribution in [0.3, 0.4) is 0 Å². The Morgan fingerprint density at radius 3 is 2.19 bits per heavy atom. The van der Waals surface area contributed by atoms with Crippen LogP contribution in [0.1, 0.15) is 21.5 Å². The highest BCUT2D eigenvalue weighted by Crippen LogP contribution is 2.20. The van der Waals surface area contributed by atoms with Crippen molar-refractivity contribution in [2.24, 2.45) is 11.5 Å². The number of hydrogen-bond donors (Lipinski definition) is 3. The molecule has 1 unspecified atom stereocenters. The Morgan fingerprint density at radius 1 is 1.00 bits per heavy atom. The van der Waals surface area contributed by atoms with Gasteiger partial charge in [0, 0.05) is 17.7 Å². The van der Waals surface area contributed by atoms with E-state index in [9.17, 15) is 14.7 Å². The number of carboxylic acids is 1. The van der Waals surface area contributed by atoms with Crippen LogP contribution in [0, 0.1) is 0 Å². The first-order valence-corrected chi connectivity index (χ1v) is 6.41. The van der Waals surface area contributed by atoms with Crippen molar-refractivity contribution in [1.82, 2.24) is 0 Å². The van der Waals surface area contributed by atoms with Crippen LogP contribution in [0.2, 0.25) is 0 Å². The van der Waals surface area contributed by atoms with Crippen LogP contribution in [0.4, 0.5) is 0 Å². The second-order valence-corrected chi connectivity index (χ2v) is 4.76. The summed E-state index contributed by atoms with van der Waals surface area (Å²) in [5.41, 5.74) is 10.8. The van der Waals surface area contributed by atoms with E-state index in [0.717, 1.165) is 0 Å². The normalized spacial score (nSPS) is 13.4. The predicted octanol–water partition coefficient (Wildman–Crippen LogP) is 1.11. The van der Waals surface area contributed by atoms with Crippen molar-refractivity contribution in [3.63, 3.8) is 0 Å². The van der Waals surface area contributed by atoms with Gasteiger partial charge >= 0.3 is 5.97 Å². The van der Waals surface area contributed by atoms with Crippen LogP contribution in [0.25, 0.3) is 0 Å². The molecular formula is C16H16N2O3. The largest absolute Gasteiger partial charge is 0.480 e. The van der Waals surface area contributed by atoms with E-state index < -0.39 is 11.5 Å². The Bertz CT molecular complexity index is 670. The number of hydrogen-bond acceptors (Lipinski definition) is 4. The molecule has 0 saturated carbocycles. The highest BCUT2D eigenvalue weighted by atomic mass is 16.4. The Balaban J connectivity index is 2.43. The number of nitrogens with two attached hydrogens (primary N) is 2. The van der Waals surface area contributed by atoms with Gasteiger partial charge in [0.15, 0.2) is 11.3 Å². The lowest BCUT2D eigenvalue weighted by Gasteiger charge is -2.23. The first-order valence-electron chi connectivity index (χ1n) is 6.41. The molecule has 1 atom stereocenters. The molecule has 0 aromatic heterocycles.